The highest BCUT2D eigenvalue weighted by atomic mass is 16.5. The minimum absolute atomic E-state index is 0.162. The van der Waals surface area contributed by atoms with E-state index < -0.39 is 17.5 Å². The molecule has 0 spiro atoms. The van der Waals surface area contributed by atoms with Crippen LogP contribution in [-0.4, -0.2) is 33.2 Å². The van der Waals surface area contributed by atoms with Crippen molar-refractivity contribution in [3.8, 4) is 28.8 Å². The lowest BCUT2D eigenvalue weighted by Gasteiger charge is -2.10. The molecule has 0 fully saturated rings. The van der Waals surface area contributed by atoms with Gasteiger partial charge in [-0.05, 0) is 30.2 Å². The molecule has 3 aromatic rings. The molecule has 3 N–H and O–H groups in total. The van der Waals surface area contributed by atoms with Crippen molar-refractivity contribution in [3.05, 3.63) is 65.4 Å². The molecule has 0 atom stereocenters. The summed E-state index contributed by atoms with van der Waals surface area (Å²) >= 11 is 0. The summed E-state index contributed by atoms with van der Waals surface area (Å²) in [5, 5.41) is 22.6. The Morgan fingerprint density at radius 3 is 2.63 bits per heavy atom. The summed E-state index contributed by atoms with van der Waals surface area (Å²) in [6.07, 6.45) is 0. The Labute approximate surface area is 156 Å². The van der Waals surface area contributed by atoms with Gasteiger partial charge in [0.25, 0.3) is 11.8 Å². The predicted octanol–water partition coefficient (Wildman–Crippen LogP) is 2.80. The molecular formula is C20H19N3O4. The summed E-state index contributed by atoms with van der Waals surface area (Å²) in [5.41, 5.74) is 2.07. The molecule has 7 nitrogen and oxygen atoms in total. The molecule has 1 amide bonds. The molecule has 138 valence electrons. The van der Waals surface area contributed by atoms with Crippen molar-refractivity contribution in [1.82, 2.24) is 15.3 Å². The first-order valence-electron chi connectivity index (χ1n) is 8.26. The van der Waals surface area contributed by atoms with Crippen molar-refractivity contribution in [2.24, 2.45) is 0 Å². The van der Waals surface area contributed by atoms with Crippen LogP contribution in [0.4, 0.5) is 0 Å². The SMILES string of the molecule is COc1cccc(CNC(=O)c2nc(-c3ccccc3C)nc(O)c2O)c1. The number of rotatable bonds is 5. The Kier molecular flexibility index (Phi) is 5.21. The van der Waals surface area contributed by atoms with E-state index in [4.69, 9.17) is 4.74 Å². The van der Waals surface area contributed by atoms with E-state index in [1.165, 1.54) is 0 Å². The summed E-state index contributed by atoms with van der Waals surface area (Å²) in [5.74, 6) is -1.09. The number of nitrogens with one attached hydrogen (secondary N) is 1. The molecule has 0 radical (unpaired) electrons. The quantitative estimate of drug-likeness (QED) is 0.642. The molecule has 3 rings (SSSR count). The van der Waals surface area contributed by atoms with Crippen molar-refractivity contribution < 1.29 is 19.7 Å². The predicted molar refractivity (Wildman–Crippen MR) is 99.7 cm³/mol. The van der Waals surface area contributed by atoms with Crippen LogP contribution in [0.5, 0.6) is 17.4 Å². The molecule has 2 aromatic carbocycles. The van der Waals surface area contributed by atoms with Gasteiger partial charge in [0.05, 0.1) is 7.11 Å². The van der Waals surface area contributed by atoms with Crippen LogP contribution >= 0.6 is 0 Å². The zero-order valence-electron chi connectivity index (χ0n) is 14.9. The number of ether oxygens (including phenoxy) is 1. The van der Waals surface area contributed by atoms with Crippen LogP contribution in [-0.2, 0) is 6.54 Å². The van der Waals surface area contributed by atoms with E-state index in [1.54, 1.807) is 31.4 Å². The first-order chi connectivity index (χ1) is 13.0. The van der Waals surface area contributed by atoms with Crippen molar-refractivity contribution in [1.29, 1.82) is 0 Å². The Morgan fingerprint density at radius 2 is 1.89 bits per heavy atom. The first-order valence-corrected chi connectivity index (χ1v) is 8.26. The van der Waals surface area contributed by atoms with Crippen molar-refractivity contribution >= 4 is 5.91 Å². The lowest BCUT2D eigenvalue weighted by Crippen LogP contribution is -2.24. The third-order valence-corrected chi connectivity index (χ3v) is 4.05. The number of carbonyl (C=O) groups is 1. The number of carbonyl (C=O) groups excluding carboxylic acids is 1. The van der Waals surface area contributed by atoms with Gasteiger partial charge in [0.15, 0.2) is 11.5 Å². The Morgan fingerprint density at radius 1 is 1.11 bits per heavy atom. The van der Waals surface area contributed by atoms with Crippen LogP contribution in [0.2, 0.25) is 0 Å². The molecule has 0 saturated heterocycles. The molecule has 1 aromatic heterocycles. The number of amides is 1. The topological polar surface area (TPSA) is 105 Å². The standard InChI is InChI=1S/C20H19N3O4/c1-12-6-3-4-9-15(12)18-22-16(17(24)20(26)23-18)19(25)21-11-13-7-5-8-14(10-13)27-2/h3-10,24H,11H2,1-2H3,(H,21,25)(H,22,23,26). The maximum Gasteiger partial charge on any atom is 0.274 e. The lowest BCUT2D eigenvalue weighted by molar-refractivity contribution is 0.0941. The van der Waals surface area contributed by atoms with E-state index in [0.29, 0.717) is 11.3 Å². The van der Waals surface area contributed by atoms with Crippen LogP contribution < -0.4 is 10.1 Å². The molecule has 0 unspecified atom stereocenters. The van der Waals surface area contributed by atoms with Gasteiger partial charge in [0.2, 0.25) is 5.75 Å². The molecule has 0 aliphatic heterocycles. The molecule has 0 aliphatic rings. The van der Waals surface area contributed by atoms with Gasteiger partial charge in [-0.15, -0.1) is 0 Å². The van der Waals surface area contributed by atoms with Crippen LogP contribution in [0.25, 0.3) is 11.4 Å². The monoisotopic (exact) mass is 365 g/mol. The largest absolute Gasteiger partial charge is 0.501 e. The minimum Gasteiger partial charge on any atom is -0.501 e. The van der Waals surface area contributed by atoms with Crippen molar-refractivity contribution in [3.63, 3.8) is 0 Å². The molecule has 0 bridgehead atoms. The highest BCUT2D eigenvalue weighted by molar-refractivity contribution is 5.95. The first kappa shape index (κ1) is 18.2. The second kappa shape index (κ2) is 7.74. The van der Waals surface area contributed by atoms with E-state index in [1.807, 2.05) is 31.2 Å². The maximum absolute atomic E-state index is 12.5. The number of nitrogens with zero attached hydrogens (tertiary/aromatic N) is 2. The van der Waals surface area contributed by atoms with Gasteiger partial charge in [-0.1, -0.05) is 36.4 Å². The summed E-state index contributed by atoms with van der Waals surface area (Å²) in [4.78, 5) is 20.5. The average molecular weight is 365 g/mol. The van der Waals surface area contributed by atoms with Gasteiger partial charge in [0, 0.05) is 12.1 Å². The zero-order chi connectivity index (χ0) is 19.4. The fraction of sp³-hybridized carbons (Fsp3) is 0.150. The summed E-state index contributed by atoms with van der Waals surface area (Å²) < 4.78 is 5.15. The minimum atomic E-state index is -0.657. The van der Waals surface area contributed by atoms with E-state index in [-0.39, 0.29) is 18.1 Å². The van der Waals surface area contributed by atoms with Gasteiger partial charge >= 0.3 is 0 Å². The van der Waals surface area contributed by atoms with Gasteiger partial charge < -0.3 is 20.3 Å². The number of aryl methyl sites for hydroxylation is 1. The summed E-state index contributed by atoms with van der Waals surface area (Å²) in [6.45, 7) is 2.07. The van der Waals surface area contributed by atoms with Crippen molar-refractivity contribution in [2.75, 3.05) is 7.11 Å². The number of hydrogen-bond donors (Lipinski definition) is 3. The van der Waals surface area contributed by atoms with Crippen LogP contribution in [0.1, 0.15) is 21.6 Å². The highest BCUT2D eigenvalue weighted by Crippen LogP contribution is 2.29. The summed E-state index contributed by atoms with van der Waals surface area (Å²) in [6, 6.07) is 14.5. The molecule has 0 aliphatic carbocycles. The molecular weight excluding hydrogens is 346 g/mol. The normalized spacial score (nSPS) is 10.4. The fourth-order valence-corrected chi connectivity index (χ4v) is 2.59. The molecule has 0 saturated carbocycles. The molecule has 27 heavy (non-hydrogen) atoms. The lowest BCUT2D eigenvalue weighted by atomic mass is 10.1. The number of aromatic hydroxyl groups is 2. The Hall–Kier alpha value is -3.61. The third-order valence-electron chi connectivity index (χ3n) is 4.05. The molecule has 7 heteroatoms. The van der Waals surface area contributed by atoms with Crippen LogP contribution in [0, 0.1) is 6.92 Å². The number of hydrogen-bond acceptors (Lipinski definition) is 6. The van der Waals surface area contributed by atoms with E-state index in [0.717, 1.165) is 11.1 Å². The maximum atomic E-state index is 12.5. The van der Waals surface area contributed by atoms with E-state index in [9.17, 15) is 15.0 Å². The Balaban J connectivity index is 1.87. The summed E-state index contributed by atoms with van der Waals surface area (Å²) in [7, 11) is 1.56. The van der Waals surface area contributed by atoms with Gasteiger partial charge in [-0.25, -0.2) is 4.98 Å². The fourth-order valence-electron chi connectivity index (χ4n) is 2.59. The van der Waals surface area contributed by atoms with E-state index in [2.05, 4.69) is 15.3 Å². The highest BCUT2D eigenvalue weighted by Gasteiger charge is 2.20. The third kappa shape index (κ3) is 3.98. The molecule has 1 heterocycles. The Bertz CT molecular complexity index is 989. The van der Waals surface area contributed by atoms with Gasteiger partial charge in [-0.3, -0.25) is 4.79 Å². The van der Waals surface area contributed by atoms with Crippen LogP contribution in [0.3, 0.4) is 0 Å². The van der Waals surface area contributed by atoms with E-state index >= 15 is 0 Å². The number of benzene rings is 2. The van der Waals surface area contributed by atoms with Crippen molar-refractivity contribution in [2.45, 2.75) is 13.5 Å². The van der Waals surface area contributed by atoms with Gasteiger partial charge in [0.1, 0.15) is 5.75 Å². The zero-order valence-corrected chi connectivity index (χ0v) is 14.9. The van der Waals surface area contributed by atoms with Crippen LogP contribution in [0.15, 0.2) is 48.5 Å². The number of aromatic nitrogens is 2. The number of methoxy groups -OCH3 is 1. The second-order valence-electron chi connectivity index (χ2n) is 5.92. The second-order valence-corrected chi connectivity index (χ2v) is 5.92. The average Bonchev–Trinajstić information content (AvgIpc) is 2.68. The van der Waals surface area contributed by atoms with Gasteiger partial charge in [-0.2, -0.15) is 4.98 Å². The smallest absolute Gasteiger partial charge is 0.274 e.